The zero-order chi connectivity index (χ0) is 12.9. The van der Waals surface area contributed by atoms with Crippen molar-refractivity contribution in [2.75, 3.05) is 5.73 Å². The molecule has 0 aliphatic heterocycles. The molecule has 3 unspecified atom stereocenters. The molecule has 3 rings (SSSR count). The molecule has 1 aliphatic rings. The van der Waals surface area contributed by atoms with Gasteiger partial charge in [0.15, 0.2) is 0 Å². The molecule has 0 radical (unpaired) electrons. The van der Waals surface area contributed by atoms with Crippen LogP contribution in [0.5, 0.6) is 0 Å². The van der Waals surface area contributed by atoms with Gasteiger partial charge >= 0.3 is 0 Å². The van der Waals surface area contributed by atoms with Crippen molar-refractivity contribution in [3.05, 3.63) is 23.8 Å². The van der Waals surface area contributed by atoms with Gasteiger partial charge in [0.05, 0.1) is 11.0 Å². The van der Waals surface area contributed by atoms with Crippen molar-refractivity contribution >= 4 is 17.0 Å². The number of hydrogen-bond donors (Lipinski definition) is 1. The van der Waals surface area contributed by atoms with Crippen LogP contribution in [0.1, 0.15) is 38.3 Å². The van der Waals surface area contributed by atoms with Gasteiger partial charge in [-0.25, -0.2) is 4.98 Å². The third-order valence-electron chi connectivity index (χ3n) is 4.63. The Labute approximate surface area is 108 Å². The standard InChI is InChI=1S/C15H21N3/c1-9-4-6-12-14(8-9)18(15(16)17-12)13-7-5-10(2)11(13)3/h4,6,8,10-11,13H,5,7H2,1-3H3,(H2,16,17). The molecule has 3 heteroatoms. The smallest absolute Gasteiger partial charge is 0.201 e. The van der Waals surface area contributed by atoms with Crippen molar-refractivity contribution < 1.29 is 0 Å². The number of nitrogens with zero attached hydrogens (tertiary/aromatic N) is 2. The average Bonchev–Trinajstić information content (AvgIpc) is 2.81. The lowest BCUT2D eigenvalue weighted by molar-refractivity contribution is 0.361. The van der Waals surface area contributed by atoms with E-state index in [1.165, 1.54) is 23.9 Å². The van der Waals surface area contributed by atoms with Gasteiger partial charge in [-0.1, -0.05) is 19.9 Å². The Balaban J connectivity index is 2.16. The SMILES string of the molecule is Cc1ccc2nc(N)n(C3CCC(C)C3C)c2c1. The van der Waals surface area contributed by atoms with E-state index < -0.39 is 0 Å². The molecule has 1 heterocycles. The van der Waals surface area contributed by atoms with Crippen molar-refractivity contribution in [2.24, 2.45) is 11.8 Å². The van der Waals surface area contributed by atoms with E-state index in [-0.39, 0.29) is 0 Å². The fourth-order valence-electron chi connectivity index (χ4n) is 3.27. The van der Waals surface area contributed by atoms with Crippen LogP contribution >= 0.6 is 0 Å². The highest BCUT2D eigenvalue weighted by Gasteiger charge is 2.32. The molecule has 1 aromatic carbocycles. The van der Waals surface area contributed by atoms with Crippen LogP contribution in [-0.4, -0.2) is 9.55 Å². The summed E-state index contributed by atoms with van der Waals surface area (Å²) in [6.07, 6.45) is 2.50. The van der Waals surface area contributed by atoms with E-state index >= 15 is 0 Å². The Morgan fingerprint density at radius 2 is 2.06 bits per heavy atom. The molecule has 3 atom stereocenters. The highest BCUT2D eigenvalue weighted by atomic mass is 15.2. The molecule has 0 amide bonds. The van der Waals surface area contributed by atoms with Crippen LogP contribution in [0.25, 0.3) is 11.0 Å². The topological polar surface area (TPSA) is 43.8 Å². The Bertz CT molecular complexity index is 585. The fourth-order valence-corrected chi connectivity index (χ4v) is 3.27. The average molecular weight is 243 g/mol. The predicted molar refractivity (Wildman–Crippen MR) is 75.5 cm³/mol. The molecule has 1 aliphatic carbocycles. The second-order valence-electron chi connectivity index (χ2n) is 5.81. The third-order valence-corrected chi connectivity index (χ3v) is 4.63. The number of aryl methyl sites for hydroxylation is 1. The molecule has 18 heavy (non-hydrogen) atoms. The molecule has 2 N–H and O–H groups in total. The first-order valence-electron chi connectivity index (χ1n) is 6.82. The number of benzene rings is 1. The highest BCUT2D eigenvalue weighted by molar-refractivity contribution is 5.79. The molecule has 0 spiro atoms. The van der Waals surface area contributed by atoms with Crippen LogP contribution in [0.2, 0.25) is 0 Å². The van der Waals surface area contributed by atoms with E-state index in [2.05, 4.69) is 48.5 Å². The molecule has 0 bridgehead atoms. The lowest BCUT2D eigenvalue weighted by Gasteiger charge is -2.21. The van der Waals surface area contributed by atoms with Gasteiger partial charge in [-0.3, -0.25) is 0 Å². The minimum absolute atomic E-state index is 0.506. The number of anilines is 1. The predicted octanol–water partition coefficient (Wildman–Crippen LogP) is 3.53. The maximum atomic E-state index is 6.14. The van der Waals surface area contributed by atoms with Gasteiger partial charge in [0.2, 0.25) is 5.95 Å². The summed E-state index contributed by atoms with van der Waals surface area (Å²) >= 11 is 0. The van der Waals surface area contributed by atoms with Gasteiger partial charge in [0, 0.05) is 6.04 Å². The lowest BCUT2D eigenvalue weighted by atomic mass is 9.97. The Hall–Kier alpha value is -1.51. The summed E-state index contributed by atoms with van der Waals surface area (Å²) in [7, 11) is 0. The van der Waals surface area contributed by atoms with Crippen molar-refractivity contribution in [1.29, 1.82) is 0 Å². The molecule has 1 aromatic heterocycles. The summed E-state index contributed by atoms with van der Waals surface area (Å²) in [5.41, 5.74) is 9.62. The lowest BCUT2D eigenvalue weighted by Crippen LogP contribution is -2.16. The van der Waals surface area contributed by atoms with Crippen molar-refractivity contribution in [3.63, 3.8) is 0 Å². The highest BCUT2D eigenvalue weighted by Crippen LogP contribution is 2.42. The number of nitrogens with two attached hydrogens (primary N) is 1. The van der Waals surface area contributed by atoms with Crippen molar-refractivity contribution in [3.8, 4) is 0 Å². The number of nitrogen functional groups attached to an aromatic ring is 1. The normalized spacial score (nSPS) is 28.1. The quantitative estimate of drug-likeness (QED) is 0.832. The van der Waals surface area contributed by atoms with E-state index in [4.69, 9.17) is 5.73 Å². The molecular formula is C15H21N3. The second kappa shape index (κ2) is 4.01. The number of imidazole rings is 1. The summed E-state index contributed by atoms with van der Waals surface area (Å²) in [4.78, 5) is 4.50. The summed E-state index contributed by atoms with van der Waals surface area (Å²) < 4.78 is 2.26. The zero-order valence-electron chi connectivity index (χ0n) is 11.4. The van der Waals surface area contributed by atoms with Crippen LogP contribution in [-0.2, 0) is 0 Å². The molecule has 96 valence electrons. The minimum Gasteiger partial charge on any atom is -0.369 e. The van der Waals surface area contributed by atoms with Gasteiger partial charge in [-0.2, -0.15) is 0 Å². The van der Waals surface area contributed by atoms with Crippen LogP contribution in [0.4, 0.5) is 5.95 Å². The van der Waals surface area contributed by atoms with Gasteiger partial charge in [0.1, 0.15) is 0 Å². The Morgan fingerprint density at radius 3 is 2.72 bits per heavy atom. The van der Waals surface area contributed by atoms with E-state index in [9.17, 15) is 0 Å². The summed E-state index contributed by atoms with van der Waals surface area (Å²) in [5.74, 6) is 2.11. The second-order valence-corrected chi connectivity index (χ2v) is 5.81. The molecule has 3 nitrogen and oxygen atoms in total. The van der Waals surface area contributed by atoms with E-state index in [0.717, 1.165) is 11.4 Å². The van der Waals surface area contributed by atoms with E-state index in [1.807, 2.05) is 0 Å². The number of rotatable bonds is 1. The van der Waals surface area contributed by atoms with E-state index in [1.54, 1.807) is 0 Å². The van der Waals surface area contributed by atoms with Crippen LogP contribution in [0.15, 0.2) is 18.2 Å². The van der Waals surface area contributed by atoms with Crippen LogP contribution in [0.3, 0.4) is 0 Å². The van der Waals surface area contributed by atoms with Gasteiger partial charge < -0.3 is 10.3 Å². The van der Waals surface area contributed by atoms with Gasteiger partial charge in [0.25, 0.3) is 0 Å². The number of aromatic nitrogens is 2. The number of hydrogen-bond acceptors (Lipinski definition) is 2. The molecule has 1 fully saturated rings. The first-order valence-corrected chi connectivity index (χ1v) is 6.82. The maximum Gasteiger partial charge on any atom is 0.201 e. The molecule has 0 saturated heterocycles. The molecule has 1 saturated carbocycles. The largest absolute Gasteiger partial charge is 0.369 e. The molecular weight excluding hydrogens is 222 g/mol. The first-order chi connectivity index (χ1) is 8.58. The first kappa shape index (κ1) is 11.6. The van der Waals surface area contributed by atoms with Crippen molar-refractivity contribution in [1.82, 2.24) is 9.55 Å². The Kier molecular flexibility index (Phi) is 2.58. The summed E-state index contributed by atoms with van der Waals surface area (Å²) in [5, 5.41) is 0. The third kappa shape index (κ3) is 1.61. The van der Waals surface area contributed by atoms with Crippen molar-refractivity contribution in [2.45, 2.75) is 39.7 Å². The monoisotopic (exact) mass is 243 g/mol. The van der Waals surface area contributed by atoms with Gasteiger partial charge in [-0.05, 0) is 49.3 Å². The Morgan fingerprint density at radius 1 is 1.28 bits per heavy atom. The molecule has 2 aromatic rings. The fraction of sp³-hybridized carbons (Fsp3) is 0.533. The zero-order valence-corrected chi connectivity index (χ0v) is 11.4. The van der Waals surface area contributed by atoms with E-state index in [0.29, 0.717) is 17.9 Å². The minimum atomic E-state index is 0.506. The summed E-state index contributed by atoms with van der Waals surface area (Å²) in [6, 6.07) is 6.88. The van der Waals surface area contributed by atoms with Crippen LogP contribution in [0, 0.1) is 18.8 Å². The summed E-state index contributed by atoms with van der Waals surface area (Å²) in [6.45, 7) is 6.79. The number of fused-ring (bicyclic) bond motifs is 1. The van der Waals surface area contributed by atoms with Crippen LogP contribution < -0.4 is 5.73 Å². The van der Waals surface area contributed by atoms with Gasteiger partial charge in [-0.15, -0.1) is 0 Å². The maximum absolute atomic E-state index is 6.14.